The molecule has 7 nitrogen and oxygen atoms in total. The summed E-state index contributed by atoms with van der Waals surface area (Å²) in [5.74, 6) is 0.208. The van der Waals surface area contributed by atoms with Gasteiger partial charge in [-0.2, -0.15) is 0 Å². The zero-order valence-electron chi connectivity index (χ0n) is 14.8. The van der Waals surface area contributed by atoms with E-state index in [9.17, 15) is 9.59 Å². The number of hydrogen-bond acceptors (Lipinski definition) is 6. The highest BCUT2D eigenvalue weighted by Crippen LogP contribution is 2.34. The summed E-state index contributed by atoms with van der Waals surface area (Å²) in [6.07, 6.45) is -0.948. The minimum absolute atomic E-state index is 0.159. The normalized spacial score (nSPS) is 13.0. The molecule has 1 aliphatic heterocycles. The Bertz CT molecular complexity index is 834. The van der Waals surface area contributed by atoms with E-state index in [0.717, 1.165) is 5.69 Å². The van der Waals surface area contributed by atoms with Crippen molar-refractivity contribution in [2.24, 2.45) is 0 Å². The molecule has 0 spiro atoms. The first-order chi connectivity index (χ1) is 12.4. The van der Waals surface area contributed by atoms with Crippen molar-refractivity contribution in [3.05, 3.63) is 48.0 Å². The van der Waals surface area contributed by atoms with Gasteiger partial charge < -0.3 is 24.4 Å². The highest BCUT2D eigenvalue weighted by Gasteiger charge is 2.21. The van der Waals surface area contributed by atoms with Gasteiger partial charge in [0.05, 0.1) is 5.56 Å². The summed E-state index contributed by atoms with van der Waals surface area (Å²) in [5, 5.41) is 2.70. The number of carbonyl (C=O) groups is 2. The number of hydrogen-bond donors (Lipinski definition) is 1. The predicted molar refractivity (Wildman–Crippen MR) is 96.8 cm³/mol. The van der Waals surface area contributed by atoms with Gasteiger partial charge in [0.1, 0.15) is 0 Å². The van der Waals surface area contributed by atoms with Gasteiger partial charge in [-0.15, -0.1) is 0 Å². The number of rotatable bonds is 5. The van der Waals surface area contributed by atoms with Crippen LogP contribution in [0, 0.1) is 0 Å². The van der Waals surface area contributed by atoms with Crippen molar-refractivity contribution in [2.45, 2.75) is 13.0 Å². The van der Waals surface area contributed by atoms with E-state index < -0.39 is 18.0 Å². The van der Waals surface area contributed by atoms with Crippen molar-refractivity contribution in [1.29, 1.82) is 0 Å². The summed E-state index contributed by atoms with van der Waals surface area (Å²) in [7, 11) is 3.76. The van der Waals surface area contributed by atoms with E-state index in [-0.39, 0.29) is 6.79 Å². The monoisotopic (exact) mass is 356 g/mol. The molecule has 1 heterocycles. The topological polar surface area (TPSA) is 77.1 Å². The summed E-state index contributed by atoms with van der Waals surface area (Å²) < 4.78 is 15.8. The molecule has 2 aromatic carbocycles. The number of fused-ring (bicyclic) bond motifs is 1. The third kappa shape index (κ3) is 3.88. The van der Waals surface area contributed by atoms with Gasteiger partial charge >= 0.3 is 5.97 Å². The smallest absolute Gasteiger partial charge is 0.338 e. The Kier molecular flexibility index (Phi) is 4.97. The molecular weight excluding hydrogens is 336 g/mol. The Morgan fingerprint density at radius 1 is 1.12 bits per heavy atom. The Labute approximate surface area is 151 Å². The SMILES string of the molecule is C[C@H](OC(=O)c1cccc(N(C)C)c1)C(=O)Nc1ccc2c(c1)OCO2. The first-order valence-electron chi connectivity index (χ1n) is 8.13. The molecule has 1 atom stereocenters. The highest BCUT2D eigenvalue weighted by atomic mass is 16.7. The van der Waals surface area contributed by atoms with E-state index in [1.165, 1.54) is 6.92 Å². The lowest BCUT2D eigenvalue weighted by Gasteiger charge is -2.16. The largest absolute Gasteiger partial charge is 0.454 e. The lowest BCUT2D eigenvalue weighted by molar-refractivity contribution is -0.123. The molecule has 7 heteroatoms. The van der Waals surface area contributed by atoms with Crippen LogP contribution in [0.2, 0.25) is 0 Å². The summed E-state index contributed by atoms with van der Waals surface area (Å²) in [4.78, 5) is 26.5. The minimum Gasteiger partial charge on any atom is -0.454 e. The molecular formula is C19H20N2O5. The quantitative estimate of drug-likeness (QED) is 0.830. The van der Waals surface area contributed by atoms with Crippen LogP contribution in [-0.2, 0) is 9.53 Å². The molecule has 136 valence electrons. The minimum atomic E-state index is -0.948. The fraction of sp³-hybridized carbons (Fsp3) is 0.263. The summed E-state index contributed by atoms with van der Waals surface area (Å²) >= 11 is 0. The van der Waals surface area contributed by atoms with Crippen molar-refractivity contribution >= 4 is 23.3 Å². The second-order valence-electron chi connectivity index (χ2n) is 6.05. The summed E-state index contributed by atoms with van der Waals surface area (Å²) in [6, 6.07) is 12.1. The summed E-state index contributed by atoms with van der Waals surface area (Å²) in [6.45, 7) is 1.68. The molecule has 0 aliphatic carbocycles. The zero-order chi connectivity index (χ0) is 18.7. The second-order valence-corrected chi connectivity index (χ2v) is 6.05. The van der Waals surface area contributed by atoms with Gasteiger partial charge in [0.25, 0.3) is 5.91 Å². The number of esters is 1. The summed E-state index contributed by atoms with van der Waals surface area (Å²) in [5.41, 5.74) is 1.80. The van der Waals surface area contributed by atoms with Gasteiger partial charge in [0, 0.05) is 31.5 Å². The van der Waals surface area contributed by atoms with E-state index in [4.69, 9.17) is 14.2 Å². The van der Waals surface area contributed by atoms with Crippen molar-refractivity contribution in [1.82, 2.24) is 0 Å². The number of nitrogens with one attached hydrogen (secondary N) is 1. The van der Waals surface area contributed by atoms with Crippen LogP contribution in [0.1, 0.15) is 17.3 Å². The van der Waals surface area contributed by atoms with Crippen LogP contribution in [0.15, 0.2) is 42.5 Å². The van der Waals surface area contributed by atoms with Gasteiger partial charge in [-0.05, 0) is 37.3 Å². The maximum absolute atomic E-state index is 12.3. The molecule has 0 aromatic heterocycles. The lowest BCUT2D eigenvalue weighted by Crippen LogP contribution is -2.30. The molecule has 0 saturated heterocycles. The zero-order valence-corrected chi connectivity index (χ0v) is 14.8. The van der Waals surface area contributed by atoms with Gasteiger partial charge in [-0.3, -0.25) is 4.79 Å². The van der Waals surface area contributed by atoms with Gasteiger partial charge in [0.2, 0.25) is 6.79 Å². The molecule has 0 radical (unpaired) electrons. The molecule has 0 bridgehead atoms. The van der Waals surface area contributed by atoms with Crippen LogP contribution in [0.4, 0.5) is 11.4 Å². The molecule has 1 amide bonds. The second kappa shape index (κ2) is 7.35. The Morgan fingerprint density at radius 3 is 2.65 bits per heavy atom. The predicted octanol–water partition coefficient (Wildman–Crippen LogP) is 2.67. The molecule has 3 rings (SSSR count). The molecule has 1 N–H and O–H groups in total. The first-order valence-corrected chi connectivity index (χ1v) is 8.13. The number of nitrogens with zero attached hydrogens (tertiary/aromatic N) is 1. The fourth-order valence-electron chi connectivity index (χ4n) is 2.41. The van der Waals surface area contributed by atoms with Crippen LogP contribution < -0.4 is 19.7 Å². The van der Waals surface area contributed by atoms with Crippen molar-refractivity contribution in [3.8, 4) is 11.5 Å². The number of benzene rings is 2. The van der Waals surface area contributed by atoms with E-state index in [0.29, 0.717) is 22.7 Å². The number of anilines is 2. The fourth-order valence-corrected chi connectivity index (χ4v) is 2.41. The lowest BCUT2D eigenvalue weighted by atomic mass is 10.2. The molecule has 26 heavy (non-hydrogen) atoms. The Morgan fingerprint density at radius 2 is 1.88 bits per heavy atom. The van der Waals surface area contributed by atoms with Crippen LogP contribution in [0.3, 0.4) is 0 Å². The first kappa shape index (κ1) is 17.6. The maximum atomic E-state index is 12.3. The molecule has 0 unspecified atom stereocenters. The number of ether oxygens (including phenoxy) is 3. The van der Waals surface area contributed by atoms with Gasteiger partial charge in [0.15, 0.2) is 17.6 Å². The van der Waals surface area contributed by atoms with Gasteiger partial charge in [-0.1, -0.05) is 6.07 Å². The van der Waals surface area contributed by atoms with Crippen molar-refractivity contribution < 1.29 is 23.8 Å². The standard InChI is InChI=1S/C19H20N2O5/c1-12(26-19(23)13-5-4-6-15(9-13)21(2)3)18(22)20-14-7-8-16-17(10-14)25-11-24-16/h4-10,12H,11H2,1-3H3,(H,20,22)/t12-/m0/s1. The Balaban J connectivity index is 1.62. The average Bonchev–Trinajstić information content (AvgIpc) is 3.09. The molecule has 1 aliphatic rings. The van der Waals surface area contributed by atoms with E-state index >= 15 is 0 Å². The van der Waals surface area contributed by atoms with Crippen LogP contribution >= 0.6 is 0 Å². The molecule has 0 saturated carbocycles. The average molecular weight is 356 g/mol. The van der Waals surface area contributed by atoms with Crippen molar-refractivity contribution in [3.63, 3.8) is 0 Å². The van der Waals surface area contributed by atoms with Crippen LogP contribution in [0.25, 0.3) is 0 Å². The molecule has 0 fully saturated rings. The third-order valence-corrected chi connectivity index (χ3v) is 3.89. The van der Waals surface area contributed by atoms with E-state index in [1.807, 2.05) is 25.1 Å². The van der Waals surface area contributed by atoms with Gasteiger partial charge in [-0.25, -0.2) is 4.79 Å². The Hall–Kier alpha value is -3.22. The molecule has 2 aromatic rings. The van der Waals surface area contributed by atoms with Crippen LogP contribution in [-0.4, -0.2) is 38.9 Å². The van der Waals surface area contributed by atoms with E-state index in [2.05, 4.69) is 5.32 Å². The number of amides is 1. The maximum Gasteiger partial charge on any atom is 0.338 e. The number of carbonyl (C=O) groups excluding carboxylic acids is 2. The van der Waals surface area contributed by atoms with Crippen LogP contribution in [0.5, 0.6) is 11.5 Å². The highest BCUT2D eigenvalue weighted by molar-refractivity contribution is 5.97. The van der Waals surface area contributed by atoms with E-state index in [1.54, 1.807) is 36.4 Å². The third-order valence-electron chi connectivity index (χ3n) is 3.89. The van der Waals surface area contributed by atoms with Crippen molar-refractivity contribution in [2.75, 3.05) is 31.1 Å².